The molecule has 4 rings (SSSR count). The molecule has 0 aromatic rings. The lowest BCUT2D eigenvalue weighted by atomic mass is 9.43. The molecule has 0 spiro atoms. The van der Waals surface area contributed by atoms with Crippen LogP contribution in [0.2, 0.25) is 0 Å². The lowest BCUT2D eigenvalue weighted by molar-refractivity contribution is -0.181. The van der Waals surface area contributed by atoms with Crippen molar-refractivity contribution in [1.82, 2.24) is 5.32 Å². The molecule has 0 aromatic carbocycles. The van der Waals surface area contributed by atoms with E-state index < -0.39 is 15.9 Å². The number of ether oxygens (including phenoxy) is 1. The molecule has 3 N–H and O–H groups in total. The van der Waals surface area contributed by atoms with Gasteiger partial charge in [0.05, 0.1) is 11.9 Å². The molecule has 10 unspecified atom stereocenters. The number of carbonyl (C=O) groups is 2. The van der Waals surface area contributed by atoms with Gasteiger partial charge in [-0.1, -0.05) is 115 Å². The first-order valence-corrected chi connectivity index (χ1v) is 25.6. The summed E-state index contributed by atoms with van der Waals surface area (Å²) in [5, 5.41) is 14.6. The third-order valence-corrected chi connectivity index (χ3v) is 16.2. The largest absolute Gasteiger partial charge is 0.462 e. The monoisotopic (exact) mass is 842 g/mol. The van der Waals surface area contributed by atoms with Crippen LogP contribution in [0.5, 0.6) is 0 Å². The van der Waals surface area contributed by atoms with E-state index in [0.717, 1.165) is 77.0 Å². The molecule has 4 aliphatic carbocycles. The van der Waals surface area contributed by atoms with Crippen molar-refractivity contribution < 1.29 is 32.4 Å². The molecule has 0 radical (unpaired) electrons. The molecule has 10 atom stereocenters. The van der Waals surface area contributed by atoms with Gasteiger partial charge in [-0.25, -0.2) is 0 Å². The first-order chi connectivity index (χ1) is 28.3. The molecule has 8 nitrogen and oxygen atoms in total. The zero-order valence-corrected chi connectivity index (χ0v) is 38.3. The summed E-state index contributed by atoms with van der Waals surface area (Å²) in [5.74, 6) is 1.99. The van der Waals surface area contributed by atoms with Gasteiger partial charge in [0.15, 0.2) is 0 Å². The Morgan fingerprint density at radius 2 is 1.41 bits per heavy atom. The van der Waals surface area contributed by atoms with E-state index in [0.29, 0.717) is 48.9 Å². The molecule has 0 saturated heterocycles. The van der Waals surface area contributed by atoms with Crippen molar-refractivity contribution in [3.8, 4) is 0 Å². The zero-order valence-electron chi connectivity index (χ0n) is 37.5. The van der Waals surface area contributed by atoms with E-state index in [-0.39, 0.29) is 47.4 Å². The van der Waals surface area contributed by atoms with Crippen molar-refractivity contribution in [3.05, 3.63) is 48.6 Å². The van der Waals surface area contributed by atoms with Crippen LogP contribution in [0.25, 0.3) is 0 Å². The average molecular weight is 842 g/mol. The number of aliphatic hydroxyl groups is 1. The van der Waals surface area contributed by atoms with Gasteiger partial charge >= 0.3 is 5.97 Å². The van der Waals surface area contributed by atoms with E-state index >= 15 is 0 Å². The number of allylic oxidation sites excluding steroid dienone is 8. The Morgan fingerprint density at radius 1 is 0.780 bits per heavy atom. The second kappa shape index (κ2) is 25.0. The molecule has 9 heteroatoms. The van der Waals surface area contributed by atoms with E-state index in [2.05, 4.69) is 81.6 Å². The van der Waals surface area contributed by atoms with Crippen LogP contribution in [-0.4, -0.2) is 54.5 Å². The summed E-state index contributed by atoms with van der Waals surface area (Å²) < 4.78 is 37.1. The minimum absolute atomic E-state index is 0.0197. The van der Waals surface area contributed by atoms with Gasteiger partial charge in [-0.3, -0.25) is 14.1 Å². The van der Waals surface area contributed by atoms with Gasteiger partial charge in [0.2, 0.25) is 5.91 Å². The maximum Gasteiger partial charge on any atom is 0.306 e. The lowest BCUT2D eigenvalue weighted by Gasteiger charge is -2.62. The smallest absolute Gasteiger partial charge is 0.306 e. The molecule has 1 amide bonds. The van der Waals surface area contributed by atoms with E-state index in [9.17, 15) is 23.1 Å². The van der Waals surface area contributed by atoms with E-state index in [1.807, 2.05) is 0 Å². The molecular weight excluding hydrogens is 759 g/mol. The maximum absolute atomic E-state index is 12.9. The van der Waals surface area contributed by atoms with Crippen molar-refractivity contribution in [1.29, 1.82) is 0 Å². The topological polar surface area (TPSA) is 130 Å². The summed E-state index contributed by atoms with van der Waals surface area (Å²) in [6, 6.07) is 0. The van der Waals surface area contributed by atoms with Crippen LogP contribution in [0.4, 0.5) is 0 Å². The van der Waals surface area contributed by atoms with Crippen LogP contribution >= 0.6 is 0 Å². The van der Waals surface area contributed by atoms with Crippen molar-refractivity contribution in [3.63, 3.8) is 0 Å². The van der Waals surface area contributed by atoms with Crippen molar-refractivity contribution in [2.45, 2.75) is 194 Å². The van der Waals surface area contributed by atoms with Crippen LogP contribution in [-0.2, 0) is 24.4 Å². The zero-order chi connectivity index (χ0) is 42.7. The van der Waals surface area contributed by atoms with Crippen LogP contribution in [0, 0.1) is 46.3 Å². The number of aliphatic hydroxyl groups excluding tert-OH is 1. The normalized spacial score (nSPS) is 31.5. The van der Waals surface area contributed by atoms with Gasteiger partial charge in [0, 0.05) is 19.4 Å². The van der Waals surface area contributed by atoms with Crippen molar-refractivity contribution in [2.75, 3.05) is 12.3 Å². The fourth-order valence-corrected chi connectivity index (χ4v) is 12.5. The Morgan fingerprint density at radius 3 is 2.07 bits per heavy atom. The molecule has 336 valence electrons. The number of esters is 1. The van der Waals surface area contributed by atoms with Gasteiger partial charge in [-0.05, 0) is 149 Å². The molecule has 59 heavy (non-hydrogen) atoms. The Kier molecular flexibility index (Phi) is 21.0. The number of amides is 1. The molecule has 4 fully saturated rings. The fourth-order valence-electron chi connectivity index (χ4n) is 12.2. The van der Waals surface area contributed by atoms with E-state index in [1.54, 1.807) is 0 Å². The first kappa shape index (κ1) is 49.4. The van der Waals surface area contributed by atoms with Crippen LogP contribution < -0.4 is 5.32 Å². The average Bonchev–Trinajstić information content (AvgIpc) is 3.56. The summed E-state index contributed by atoms with van der Waals surface area (Å²) in [6.45, 7) is 9.08. The number of fused-ring (bicyclic) bond motifs is 5. The highest BCUT2D eigenvalue weighted by Gasteiger charge is 2.63. The summed E-state index contributed by atoms with van der Waals surface area (Å²) in [5.41, 5.74) is -0.00731. The maximum atomic E-state index is 12.9. The Bertz CT molecular complexity index is 1500. The number of carbonyl (C=O) groups excluding carboxylic acids is 2. The number of unbranched alkanes of at least 4 members (excludes halogenated alkanes) is 8. The standard InChI is InChI=1S/C50H83NO7S/c1-5-6-7-8-9-10-11-12-13-14-15-16-17-18-19-20-21-22-23-24-25-26-48(54)58-41-33-34-49(3)40(37-41)28-29-42-44-31-30-43(50(44,4)46(52)38-45(42)49)39(2)27-32-47(53)51-35-36-59(55,56)57/h6-7,9-10,12-13,15-16,39-46,52H,5,8,11,14,17-38H2,1-4H3,(H,51,53)(H,55,56,57)/b7-6-,10-9-,13-12-,16-15-. The summed E-state index contributed by atoms with van der Waals surface area (Å²) in [4.78, 5) is 25.3. The van der Waals surface area contributed by atoms with Crippen LogP contribution in [0.3, 0.4) is 0 Å². The summed E-state index contributed by atoms with van der Waals surface area (Å²) >= 11 is 0. The minimum Gasteiger partial charge on any atom is -0.462 e. The van der Waals surface area contributed by atoms with Crippen molar-refractivity contribution in [2.24, 2.45) is 46.3 Å². The highest BCUT2D eigenvalue weighted by molar-refractivity contribution is 7.85. The molecule has 0 heterocycles. The molecule has 0 aromatic heterocycles. The highest BCUT2D eigenvalue weighted by Crippen LogP contribution is 2.68. The summed E-state index contributed by atoms with van der Waals surface area (Å²) in [6.07, 6.45) is 42.5. The minimum atomic E-state index is -4.10. The van der Waals surface area contributed by atoms with Crippen LogP contribution in [0.15, 0.2) is 48.6 Å². The Hall–Kier alpha value is -2.23. The van der Waals surface area contributed by atoms with Gasteiger partial charge in [-0.15, -0.1) is 0 Å². The Labute approximate surface area is 359 Å². The lowest BCUT2D eigenvalue weighted by Crippen LogP contribution is -2.59. The van der Waals surface area contributed by atoms with Gasteiger partial charge < -0.3 is 15.2 Å². The number of hydrogen-bond donors (Lipinski definition) is 3. The number of nitrogens with one attached hydrogen (secondary N) is 1. The predicted octanol–water partition coefficient (Wildman–Crippen LogP) is 11.7. The second-order valence-electron chi connectivity index (χ2n) is 19.4. The molecule has 4 aliphatic rings. The number of hydrogen-bond acceptors (Lipinski definition) is 6. The highest BCUT2D eigenvalue weighted by atomic mass is 32.2. The third-order valence-electron chi connectivity index (χ3n) is 15.5. The predicted molar refractivity (Wildman–Crippen MR) is 241 cm³/mol. The molecule has 0 aliphatic heterocycles. The molecule has 0 bridgehead atoms. The molecular formula is C50H83NO7S. The quantitative estimate of drug-likeness (QED) is 0.0342. The van der Waals surface area contributed by atoms with Gasteiger partial charge in [-0.2, -0.15) is 8.42 Å². The first-order valence-electron chi connectivity index (χ1n) is 24.0. The number of rotatable bonds is 26. The second-order valence-corrected chi connectivity index (χ2v) is 20.9. The Balaban J connectivity index is 1.06. The SMILES string of the molecule is CC/C=C\C/C=C\C/C=C\C/C=C\CCCCCCCCCCC(=O)OC1CCC2(C)C(CCC3C2CC(O)C2(C)C(C(C)CCC(=O)NCCS(=O)(=O)O)CCC32)C1. The van der Waals surface area contributed by atoms with Gasteiger partial charge in [0.1, 0.15) is 6.10 Å². The van der Waals surface area contributed by atoms with Crippen molar-refractivity contribution >= 4 is 22.0 Å². The van der Waals surface area contributed by atoms with Crippen LogP contribution in [0.1, 0.15) is 182 Å². The van der Waals surface area contributed by atoms with E-state index in [1.165, 1.54) is 57.8 Å². The fraction of sp³-hybridized carbons (Fsp3) is 0.800. The van der Waals surface area contributed by atoms with E-state index in [4.69, 9.17) is 9.29 Å². The third kappa shape index (κ3) is 15.3. The van der Waals surface area contributed by atoms with Gasteiger partial charge in [0.25, 0.3) is 10.1 Å². The summed E-state index contributed by atoms with van der Waals surface area (Å²) in [7, 11) is -4.10. The molecule has 4 saturated carbocycles.